The van der Waals surface area contributed by atoms with Crippen molar-refractivity contribution in [3.05, 3.63) is 12.2 Å². The van der Waals surface area contributed by atoms with E-state index >= 15 is 0 Å². The molecular weight excluding hydrogens is 1050 g/mol. The van der Waals surface area contributed by atoms with Crippen LogP contribution in [0.15, 0.2) is 12.2 Å². The summed E-state index contributed by atoms with van der Waals surface area (Å²) in [5.74, 6) is -0.231. The Morgan fingerprint density at radius 3 is 1.11 bits per heavy atom. The standard InChI is InChI=1S/C69H133NO13/c1-3-5-7-9-11-13-15-17-19-21-23-24-25-26-27-28-29-30-31-32-33-35-36-38-40-42-44-46-48-50-52-58(73)57(70-61(74)53-51-49-47-45-43-41-39-37-34-22-20-18-16-14-12-10-8-6-4-2)56-80-68-66(79)64(77)67(60(55-72)82-68)83-69-65(78)63(76)62(75)59(54-71)81-69/h50,52,57-60,62-69,71-73,75-79H,3-49,51,53-56H2,1-2H3,(H,70,74)/b52-50+. The van der Waals surface area contributed by atoms with E-state index in [-0.39, 0.29) is 18.9 Å². The highest BCUT2D eigenvalue weighted by atomic mass is 16.7. The molecule has 2 aliphatic heterocycles. The summed E-state index contributed by atoms with van der Waals surface area (Å²) >= 11 is 0. The molecular formula is C69H133NO13. The molecule has 2 rings (SSSR count). The molecule has 12 unspecified atom stereocenters. The molecule has 0 aliphatic carbocycles. The molecule has 2 fully saturated rings. The van der Waals surface area contributed by atoms with Gasteiger partial charge in [-0.3, -0.25) is 4.79 Å². The van der Waals surface area contributed by atoms with E-state index in [9.17, 15) is 45.6 Å². The van der Waals surface area contributed by atoms with Gasteiger partial charge >= 0.3 is 0 Å². The number of rotatable bonds is 59. The molecule has 0 radical (unpaired) electrons. The largest absolute Gasteiger partial charge is 0.394 e. The first-order valence-corrected chi connectivity index (χ1v) is 35.4. The predicted octanol–water partition coefficient (Wildman–Crippen LogP) is 14.2. The molecule has 2 aliphatic rings. The molecule has 0 aromatic heterocycles. The molecule has 0 saturated carbocycles. The molecule has 14 nitrogen and oxygen atoms in total. The number of amides is 1. The first kappa shape index (κ1) is 77.8. The molecule has 0 spiro atoms. The zero-order valence-electron chi connectivity index (χ0n) is 53.5. The minimum atomic E-state index is -1.79. The maximum atomic E-state index is 13.3. The van der Waals surface area contributed by atoms with Crippen LogP contribution in [0.1, 0.15) is 328 Å². The van der Waals surface area contributed by atoms with Crippen LogP contribution >= 0.6 is 0 Å². The summed E-state index contributed by atoms with van der Waals surface area (Å²) in [5.41, 5.74) is 0. The van der Waals surface area contributed by atoms with Crippen LogP contribution in [-0.2, 0) is 23.7 Å². The van der Waals surface area contributed by atoms with Crippen molar-refractivity contribution in [3.8, 4) is 0 Å². The zero-order chi connectivity index (χ0) is 60.2. The smallest absolute Gasteiger partial charge is 0.220 e. The van der Waals surface area contributed by atoms with Crippen molar-refractivity contribution in [2.45, 2.75) is 402 Å². The molecule has 12 atom stereocenters. The molecule has 83 heavy (non-hydrogen) atoms. The second-order valence-electron chi connectivity index (χ2n) is 25.4. The van der Waals surface area contributed by atoms with E-state index in [0.717, 1.165) is 38.5 Å². The highest BCUT2D eigenvalue weighted by molar-refractivity contribution is 5.76. The van der Waals surface area contributed by atoms with Crippen LogP contribution < -0.4 is 5.32 Å². The summed E-state index contributed by atoms with van der Waals surface area (Å²) in [6.07, 6.45) is 49.9. The fourth-order valence-electron chi connectivity index (χ4n) is 12.1. The van der Waals surface area contributed by atoms with Gasteiger partial charge in [-0.1, -0.05) is 315 Å². The Kier molecular flexibility index (Phi) is 51.4. The van der Waals surface area contributed by atoms with Crippen LogP contribution in [-0.4, -0.2) is 140 Å². The van der Waals surface area contributed by atoms with Crippen LogP contribution in [0.25, 0.3) is 0 Å². The molecule has 14 heteroatoms. The predicted molar refractivity (Wildman–Crippen MR) is 337 cm³/mol. The lowest BCUT2D eigenvalue weighted by Gasteiger charge is -2.46. The fourth-order valence-corrected chi connectivity index (χ4v) is 12.1. The van der Waals surface area contributed by atoms with E-state index in [4.69, 9.17) is 18.9 Å². The van der Waals surface area contributed by atoms with Gasteiger partial charge in [0.05, 0.1) is 32.0 Å². The van der Waals surface area contributed by atoms with Crippen LogP contribution in [0.5, 0.6) is 0 Å². The van der Waals surface area contributed by atoms with Gasteiger partial charge in [0.2, 0.25) is 5.91 Å². The average Bonchev–Trinajstić information content (AvgIpc) is 3.59. The molecule has 2 saturated heterocycles. The van der Waals surface area contributed by atoms with Gasteiger partial charge in [0.15, 0.2) is 12.6 Å². The quantitative estimate of drug-likeness (QED) is 0.0204. The lowest BCUT2D eigenvalue weighted by atomic mass is 9.97. The Bertz CT molecular complexity index is 1440. The molecule has 1 amide bonds. The maximum absolute atomic E-state index is 13.3. The first-order chi connectivity index (χ1) is 40.6. The SMILES string of the molecule is CCCCCCCCCCCCCCCCCCCCCCCCCCCCCC/C=C/C(O)C(COC1OC(CO)C(OC2OC(CO)C(O)C(O)C2O)C(O)C1O)NC(=O)CCCCCCCCCCCCCCCCCCCCC. The number of unbranched alkanes of at least 4 members (excludes halogenated alkanes) is 46. The van der Waals surface area contributed by atoms with E-state index in [1.165, 1.54) is 263 Å². The topological polar surface area (TPSA) is 228 Å². The molecule has 0 aromatic rings. The number of aliphatic hydroxyl groups is 8. The number of hydrogen-bond acceptors (Lipinski definition) is 13. The lowest BCUT2D eigenvalue weighted by molar-refractivity contribution is -0.359. The van der Waals surface area contributed by atoms with Crippen molar-refractivity contribution in [3.63, 3.8) is 0 Å². The normalized spacial score (nSPS) is 23.8. The van der Waals surface area contributed by atoms with Crippen molar-refractivity contribution in [1.82, 2.24) is 5.32 Å². The number of nitrogens with one attached hydrogen (secondary N) is 1. The number of hydrogen-bond donors (Lipinski definition) is 9. The summed E-state index contributed by atoms with van der Waals surface area (Å²) in [6.45, 7) is 2.86. The Balaban J connectivity index is 1.66. The minimum Gasteiger partial charge on any atom is -0.394 e. The average molecular weight is 1180 g/mol. The van der Waals surface area contributed by atoms with Gasteiger partial charge in [0.1, 0.15) is 48.8 Å². The van der Waals surface area contributed by atoms with E-state index in [0.29, 0.717) is 6.42 Å². The van der Waals surface area contributed by atoms with Gasteiger partial charge in [-0.25, -0.2) is 0 Å². The van der Waals surface area contributed by atoms with Crippen molar-refractivity contribution in [2.24, 2.45) is 0 Å². The van der Waals surface area contributed by atoms with Crippen molar-refractivity contribution in [1.29, 1.82) is 0 Å². The van der Waals surface area contributed by atoms with Crippen LogP contribution in [0.4, 0.5) is 0 Å². The monoisotopic (exact) mass is 1180 g/mol. The Morgan fingerprint density at radius 1 is 0.422 bits per heavy atom. The summed E-state index contributed by atoms with van der Waals surface area (Å²) < 4.78 is 22.9. The second kappa shape index (κ2) is 54.8. The highest BCUT2D eigenvalue weighted by Gasteiger charge is 2.51. The van der Waals surface area contributed by atoms with Gasteiger partial charge in [0.25, 0.3) is 0 Å². The third-order valence-electron chi connectivity index (χ3n) is 17.7. The Hall–Kier alpha value is -1.27. The van der Waals surface area contributed by atoms with E-state index in [2.05, 4.69) is 19.2 Å². The zero-order valence-corrected chi connectivity index (χ0v) is 53.5. The number of carbonyl (C=O) groups is 1. The summed E-state index contributed by atoms with van der Waals surface area (Å²) in [6, 6.07) is -0.911. The van der Waals surface area contributed by atoms with Gasteiger partial charge in [-0.2, -0.15) is 0 Å². The van der Waals surface area contributed by atoms with Gasteiger partial charge in [-0.05, 0) is 19.3 Å². The molecule has 2 heterocycles. The van der Waals surface area contributed by atoms with E-state index in [1.54, 1.807) is 6.08 Å². The van der Waals surface area contributed by atoms with E-state index in [1.807, 2.05) is 6.08 Å². The molecule has 9 N–H and O–H groups in total. The molecule has 0 bridgehead atoms. The van der Waals surface area contributed by atoms with Crippen molar-refractivity contribution >= 4 is 5.91 Å². The minimum absolute atomic E-state index is 0.231. The summed E-state index contributed by atoms with van der Waals surface area (Å²) in [7, 11) is 0. The molecule has 0 aromatic carbocycles. The van der Waals surface area contributed by atoms with Gasteiger partial charge in [0, 0.05) is 6.42 Å². The number of carbonyl (C=O) groups excluding carboxylic acids is 1. The van der Waals surface area contributed by atoms with Crippen LogP contribution in [0.2, 0.25) is 0 Å². The third-order valence-corrected chi connectivity index (χ3v) is 17.7. The fraction of sp³-hybridized carbons (Fsp3) is 0.957. The second-order valence-corrected chi connectivity index (χ2v) is 25.4. The van der Waals surface area contributed by atoms with Crippen LogP contribution in [0.3, 0.4) is 0 Å². The lowest BCUT2D eigenvalue weighted by Crippen LogP contribution is -2.65. The summed E-state index contributed by atoms with van der Waals surface area (Å²) in [5, 5.41) is 87.4. The van der Waals surface area contributed by atoms with Gasteiger partial charge < -0.3 is 65.1 Å². The van der Waals surface area contributed by atoms with Crippen molar-refractivity contribution in [2.75, 3.05) is 19.8 Å². The molecule has 492 valence electrons. The number of ether oxygens (including phenoxy) is 4. The number of allylic oxidation sites excluding steroid dienone is 1. The summed E-state index contributed by atoms with van der Waals surface area (Å²) in [4.78, 5) is 13.3. The Labute approximate surface area is 507 Å². The van der Waals surface area contributed by atoms with Crippen molar-refractivity contribution < 1.29 is 64.6 Å². The van der Waals surface area contributed by atoms with Crippen LogP contribution in [0, 0.1) is 0 Å². The Morgan fingerprint density at radius 2 is 0.747 bits per heavy atom. The maximum Gasteiger partial charge on any atom is 0.220 e. The van der Waals surface area contributed by atoms with E-state index < -0.39 is 86.8 Å². The highest BCUT2D eigenvalue weighted by Crippen LogP contribution is 2.30. The van der Waals surface area contributed by atoms with Gasteiger partial charge in [-0.15, -0.1) is 0 Å². The number of aliphatic hydroxyl groups excluding tert-OH is 8. The first-order valence-electron chi connectivity index (χ1n) is 35.4. The third kappa shape index (κ3) is 39.4.